The van der Waals surface area contributed by atoms with E-state index in [4.69, 9.17) is 9.52 Å². The molecular formula is C20H18N2O5. The van der Waals surface area contributed by atoms with Gasteiger partial charge < -0.3 is 20.2 Å². The Labute approximate surface area is 155 Å². The van der Waals surface area contributed by atoms with Crippen molar-refractivity contribution in [2.75, 3.05) is 11.9 Å². The van der Waals surface area contributed by atoms with Crippen molar-refractivity contribution in [1.29, 1.82) is 0 Å². The van der Waals surface area contributed by atoms with Gasteiger partial charge in [-0.15, -0.1) is 0 Å². The number of fused-ring (bicyclic) bond motifs is 1. The van der Waals surface area contributed by atoms with Gasteiger partial charge in [-0.05, 0) is 37.3 Å². The van der Waals surface area contributed by atoms with E-state index in [0.717, 1.165) is 10.9 Å². The fourth-order valence-electron chi connectivity index (χ4n) is 2.67. The molecule has 27 heavy (non-hydrogen) atoms. The first-order chi connectivity index (χ1) is 13.0. The number of aryl methyl sites for hydroxylation is 1. The Morgan fingerprint density at radius 2 is 1.70 bits per heavy atom. The SMILES string of the molecule is Cc1c(C(=O)Nc2ccc(C(=O)NCCC(=O)O)cc2)oc2ccccc12. The second kappa shape index (κ2) is 7.74. The first-order valence-electron chi connectivity index (χ1n) is 8.35. The van der Waals surface area contributed by atoms with Crippen LogP contribution in [0.15, 0.2) is 52.9 Å². The minimum absolute atomic E-state index is 0.0536. The van der Waals surface area contributed by atoms with Crippen molar-refractivity contribution < 1.29 is 23.9 Å². The monoisotopic (exact) mass is 366 g/mol. The van der Waals surface area contributed by atoms with E-state index in [1.165, 1.54) is 0 Å². The van der Waals surface area contributed by atoms with E-state index in [2.05, 4.69) is 10.6 Å². The van der Waals surface area contributed by atoms with Crippen molar-refractivity contribution in [3.8, 4) is 0 Å². The fraction of sp³-hybridized carbons (Fsp3) is 0.150. The lowest BCUT2D eigenvalue weighted by Gasteiger charge is -2.06. The third-order valence-electron chi connectivity index (χ3n) is 4.08. The highest BCUT2D eigenvalue weighted by Crippen LogP contribution is 2.25. The highest BCUT2D eigenvalue weighted by atomic mass is 16.4. The number of carbonyl (C=O) groups excluding carboxylic acids is 2. The number of para-hydroxylation sites is 1. The summed E-state index contributed by atoms with van der Waals surface area (Å²) in [5.74, 6) is -1.48. The number of hydrogen-bond donors (Lipinski definition) is 3. The van der Waals surface area contributed by atoms with Crippen molar-refractivity contribution in [3.63, 3.8) is 0 Å². The summed E-state index contributed by atoms with van der Waals surface area (Å²) in [4.78, 5) is 34.9. The number of rotatable bonds is 6. The molecule has 0 fully saturated rings. The molecule has 7 nitrogen and oxygen atoms in total. The van der Waals surface area contributed by atoms with Gasteiger partial charge in [-0.1, -0.05) is 18.2 Å². The Morgan fingerprint density at radius 1 is 1.00 bits per heavy atom. The normalized spacial score (nSPS) is 10.6. The number of anilines is 1. The van der Waals surface area contributed by atoms with Crippen LogP contribution in [-0.4, -0.2) is 29.4 Å². The van der Waals surface area contributed by atoms with Crippen molar-refractivity contribution in [2.45, 2.75) is 13.3 Å². The van der Waals surface area contributed by atoms with Crippen molar-refractivity contribution in [2.24, 2.45) is 0 Å². The standard InChI is InChI=1S/C20H18N2O5/c1-12-15-4-2-3-5-16(15)27-18(12)20(26)22-14-8-6-13(7-9-14)19(25)21-11-10-17(23)24/h2-9H,10-11H2,1H3,(H,21,25)(H,22,26)(H,23,24). The molecule has 2 aromatic carbocycles. The van der Waals surface area contributed by atoms with Crippen molar-refractivity contribution >= 4 is 34.4 Å². The van der Waals surface area contributed by atoms with E-state index in [-0.39, 0.29) is 30.5 Å². The molecule has 0 aliphatic heterocycles. The highest BCUT2D eigenvalue weighted by Gasteiger charge is 2.17. The largest absolute Gasteiger partial charge is 0.481 e. The van der Waals surface area contributed by atoms with Gasteiger partial charge in [-0.3, -0.25) is 14.4 Å². The number of nitrogens with one attached hydrogen (secondary N) is 2. The van der Waals surface area contributed by atoms with E-state index in [1.54, 1.807) is 30.3 Å². The second-order valence-electron chi connectivity index (χ2n) is 5.98. The summed E-state index contributed by atoms with van der Waals surface area (Å²) in [7, 11) is 0. The molecule has 0 aliphatic rings. The molecule has 0 spiro atoms. The predicted molar refractivity (Wildman–Crippen MR) is 99.9 cm³/mol. The van der Waals surface area contributed by atoms with Gasteiger partial charge in [0, 0.05) is 28.7 Å². The van der Waals surface area contributed by atoms with Crippen molar-refractivity contribution in [1.82, 2.24) is 5.32 Å². The number of amides is 2. The summed E-state index contributed by atoms with van der Waals surface area (Å²) in [5, 5.41) is 14.7. The van der Waals surface area contributed by atoms with E-state index < -0.39 is 5.97 Å². The van der Waals surface area contributed by atoms with Gasteiger partial charge in [0.15, 0.2) is 5.76 Å². The molecule has 138 valence electrons. The fourth-order valence-corrected chi connectivity index (χ4v) is 2.67. The molecule has 1 aromatic heterocycles. The van der Waals surface area contributed by atoms with E-state index in [0.29, 0.717) is 16.8 Å². The van der Waals surface area contributed by atoms with Crippen LogP contribution in [0.25, 0.3) is 11.0 Å². The molecular weight excluding hydrogens is 348 g/mol. The van der Waals surface area contributed by atoms with Crippen LogP contribution in [0.4, 0.5) is 5.69 Å². The minimum Gasteiger partial charge on any atom is -0.481 e. The molecule has 0 bridgehead atoms. The Balaban J connectivity index is 1.67. The van der Waals surface area contributed by atoms with Gasteiger partial charge in [0.25, 0.3) is 11.8 Å². The maximum atomic E-state index is 12.5. The number of aliphatic carboxylic acids is 1. The Hall–Kier alpha value is -3.61. The minimum atomic E-state index is -0.978. The molecule has 2 amide bonds. The first kappa shape index (κ1) is 18.2. The lowest BCUT2D eigenvalue weighted by molar-refractivity contribution is -0.136. The predicted octanol–water partition coefficient (Wildman–Crippen LogP) is 3.20. The van der Waals surface area contributed by atoms with Crippen LogP contribution in [0.2, 0.25) is 0 Å². The van der Waals surface area contributed by atoms with Gasteiger partial charge in [-0.25, -0.2) is 0 Å². The van der Waals surface area contributed by atoms with Crippen molar-refractivity contribution in [3.05, 3.63) is 65.4 Å². The van der Waals surface area contributed by atoms with Crippen LogP contribution in [0.3, 0.4) is 0 Å². The summed E-state index contributed by atoms with van der Waals surface area (Å²) >= 11 is 0. The average molecular weight is 366 g/mol. The summed E-state index contributed by atoms with van der Waals surface area (Å²) in [5.41, 5.74) is 2.30. The van der Waals surface area contributed by atoms with Crippen LogP contribution in [0, 0.1) is 6.92 Å². The lowest BCUT2D eigenvalue weighted by Crippen LogP contribution is -2.25. The number of carbonyl (C=O) groups is 3. The zero-order chi connectivity index (χ0) is 19.4. The Morgan fingerprint density at radius 3 is 2.37 bits per heavy atom. The third kappa shape index (κ3) is 4.14. The highest BCUT2D eigenvalue weighted by molar-refractivity contribution is 6.06. The number of hydrogen-bond acceptors (Lipinski definition) is 4. The number of furan rings is 1. The molecule has 3 aromatic rings. The first-order valence-corrected chi connectivity index (χ1v) is 8.35. The number of benzene rings is 2. The van der Waals surface area contributed by atoms with E-state index >= 15 is 0 Å². The van der Waals surface area contributed by atoms with Crippen LogP contribution >= 0.6 is 0 Å². The molecule has 7 heteroatoms. The summed E-state index contributed by atoms with van der Waals surface area (Å²) in [6, 6.07) is 13.7. The topological polar surface area (TPSA) is 109 Å². The molecule has 0 aliphatic carbocycles. The molecule has 0 saturated heterocycles. The zero-order valence-corrected chi connectivity index (χ0v) is 14.6. The molecule has 0 unspecified atom stereocenters. The Kier molecular flexibility index (Phi) is 5.21. The number of carboxylic acids is 1. The van der Waals surface area contributed by atoms with Gasteiger partial charge in [0.2, 0.25) is 0 Å². The quantitative estimate of drug-likeness (QED) is 0.621. The maximum absolute atomic E-state index is 12.5. The van der Waals surface area contributed by atoms with E-state index in [9.17, 15) is 14.4 Å². The molecule has 3 rings (SSSR count). The van der Waals surface area contributed by atoms with Crippen LogP contribution in [0.5, 0.6) is 0 Å². The molecule has 1 heterocycles. The maximum Gasteiger partial charge on any atom is 0.305 e. The number of carboxylic acid groups (broad SMARTS) is 1. The van der Waals surface area contributed by atoms with Crippen LogP contribution < -0.4 is 10.6 Å². The molecule has 3 N–H and O–H groups in total. The third-order valence-corrected chi connectivity index (χ3v) is 4.08. The second-order valence-corrected chi connectivity index (χ2v) is 5.98. The lowest BCUT2D eigenvalue weighted by atomic mass is 10.1. The molecule has 0 radical (unpaired) electrons. The van der Waals surface area contributed by atoms with E-state index in [1.807, 2.05) is 25.1 Å². The van der Waals surface area contributed by atoms with Gasteiger partial charge >= 0.3 is 5.97 Å². The smallest absolute Gasteiger partial charge is 0.305 e. The van der Waals surface area contributed by atoms with Gasteiger partial charge in [0.1, 0.15) is 5.58 Å². The average Bonchev–Trinajstić information content (AvgIpc) is 2.99. The van der Waals surface area contributed by atoms with Gasteiger partial charge in [0.05, 0.1) is 6.42 Å². The molecule has 0 atom stereocenters. The summed E-state index contributed by atoms with van der Waals surface area (Å²) in [6.07, 6.45) is -0.142. The van der Waals surface area contributed by atoms with Crippen LogP contribution in [-0.2, 0) is 4.79 Å². The van der Waals surface area contributed by atoms with Crippen LogP contribution in [0.1, 0.15) is 32.9 Å². The Bertz CT molecular complexity index is 1000. The summed E-state index contributed by atoms with van der Waals surface area (Å²) < 4.78 is 5.63. The summed E-state index contributed by atoms with van der Waals surface area (Å²) in [6.45, 7) is 1.88. The molecule has 0 saturated carbocycles. The zero-order valence-electron chi connectivity index (χ0n) is 14.6. The van der Waals surface area contributed by atoms with Gasteiger partial charge in [-0.2, -0.15) is 0 Å².